The number of nitrogens with two attached hydrogens (primary N) is 1. The summed E-state index contributed by atoms with van der Waals surface area (Å²) in [5.41, 5.74) is 6.22. The Labute approximate surface area is 98.5 Å². The Morgan fingerprint density at radius 2 is 2.12 bits per heavy atom. The molecule has 2 aromatic heterocycles. The number of nitrogen functional groups attached to an aromatic ring is 1. The zero-order chi connectivity index (χ0) is 12.6. The molecule has 0 spiro atoms. The van der Waals surface area contributed by atoms with E-state index < -0.39 is 0 Å². The molecule has 0 radical (unpaired) electrons. The lowest BCUT2D eigenvalue weighted by Gasteiger charge is -2.16. The topological polar surface area (TPSA) is 89.6 Å². The molecule has 3 N–H and O–H groups in total. The second-order valence-corrected chi connectivity index (χ2v) is 4.87. The Bertz CT molecular complexity index is 576. The van der Waals surface area contributed by atoms with Crippen molar-refractivity contribution in [2.75, 3.05) is 5.73 Å². The molecule has 0 aliphatic carbocycles. The van der Waals surface area contributed by atoms with E-state index in [0.717, 1.165) is 0 Å². The van der Waals surface area contributed by atoms with Crippen LogP contribution >= 0.6 is 0 Å². The smallest absolute Gasteiger partial charge is 0.296 e. The lowest BCUT2D eigenvalue weighted by molar-refractivity contribution is 0.560. The van der Waals surface area contributed by atoms with Crippen LogP contribution in [0.25, 0.3) is 5.82 Å². The molecule has 0 amide bonds. The van der Waals surface area contributed by atoms with Gasteiger partial charge in [0.25, 0.3) is 5.56 Å². The molecule has 0 aliphatic rings. The summed E-state index contributed by atoms with van der Waals surface area (Å²) in [7, 11) is 0. The molecule has 90 valence electrons. The second-order valence-electron chi connectivity index (χ2n) is 4.87. The Morgan fingerprint density at radius 1 is 1.41 bits per heavy atom. The predicted molar refractivity (Wildman–Crippen MR) is 65.1 cm³/mol. The number of aromatic nitrogens is 4. The highest BCUT2D eigenvalue weighted by Crippen LogP contribution is 2.23. The molecule has 6 nitrogen and oxygen atoms in total. The number of hydrogen-bond acceptors (Lipinski definition) is 4. The van der Waals surface area contributed by atoms with E-state index in [1.807, 2.05) is 20.8 Å². The summed E-state index contributed by atoms with van der Waals surface area (Å²) in [6, 6.07) is 3.40. The zero-order valence-electron chi connectivity index (χ0n) is 10.1. The van der Waals surface area contributed by atoms with Crippen LogP contribution in [0.1, 0.15) is 26.5 Å². The average molecular weight is 233 g/mol. The molecule has 2 aromatic rings. The van der Waals surface area contributed by atoms with Gasteiger partial charge in [-0.3, -0.25) is 9.89 Å². The summed E-state index contributed by atoms with van der Waals surface area (Å²) in [4.78, 5) is 12.0. The number of hydrogen-bond donors (Lipinski definition) is 2. The van der Waals surface area contributed by atoms with Gasteiger partial charge in [0.2, 0.25) is 0 Å². The van der Waals surface area contributed by atoms with E-state index in [4.69, 9.17) is 5.73 Å². The monoisotopic (exact) mass is 233 g/mol. The molecule has 0 saturated heterocycles. The normalized spacial score (nSPS) is 11.7. The van der Waals surface area contributed by atoms with Crippen molar-refractivity contribution in [2.24, 2.45) is 0 Å². The van der Waals surface area contributed by atoms with E-state index in [9.17, 15) is 4.79 Å². The molecule has 6 heteroatoms. The van der Waals surface area contributed by atoms with Crippen molar-refractivity contribution in [3.05, 3.63) is 34.4 Å². The maximum absolute atomic E-state index is 12.0. The fourth-order valence-corrected chi connectivity index (χ4v) is 1.60. The second kappa shape index (κ2) is 3.73. The largest absolute Gasteiger partial charge is 0.393 e. The van der Waals surface area contributed by atoms with Crippen molar-refractivity contribution in [2.45, 2.75) is 26.2 Å². The summed E-state index contributed by atoms with van der Waals surface area (Å²) in [5.74, 6) is 0.430. The molecule has 2 rings (SSSR count). The number of anilines is 1. The van der Waals surface area contributed by atoms with Crippen molar-refractivity contribution in [1.82, 2.24) is 20.0 Å². The maximum Gasteiger partial charge on any atom is 0.296 e. The van der Waals surface area contributed by atoms with Crippen LogP contribution < -0.4 is 11.3 Å². The first kappa shape index (κ1) is 11.4. The standard InChI is InChI=1S/C11H15N5O/c1-11(2,3)9-8(12)10(17)16(15-9)7-5-4-6-13-14-7/h4-6,15H,12H2,1-3H3. The summed E-state index contributed by atoms with van der Waals surface area (Å²) in [6.45, 7) is 5.95. The minimum absolute atomic E-state index is 0.225. The molecular formula is C11H15N5O. The average Bonchev–Trinajstić information content (AvgIpc) is 2.57. The van der Waals surface area contributed by atoms with Gasteiger partial charge < -0.3 is 5.73 Å². The van der Waals surface area contributed by atoms with Gasteiger partial charge in [0.05, 0.1) is 5.69 Å². The molecule has 0 saturated carbocycles. The first-order valence-electron chi connectivity index (χ1n) is 5.30. The van der Waals surface area contributed by atoms with Crippen LogP contribution in [0, 0.1) is 0 Å². The number of nitrogens with zero attached hydrogens (tertiary/aromatic N) is 3. The molecule has 0 unspecified atom stereocenters. The Hall–Kier alpha value is -2.11. The van der Waals surface area contributed by atoms with Crippen molar-refractivity contribution in [3.63, 3.8) is 0 Å². The van der Waals surface area contributed by atoms with Crippen LogP contribution in [0.4, 0.5) is 5.69 Å². The van der Waals surface area contributed by atoms with E-state index in [0.29, 0.717) is 11.5 Å². The summed E-state index contributed by atoms with van der Waals surface area (Å²) in [5, 5.41) is 10.6. The van der Waals surface area contributed by atoms with Crippen LogP contribution in [0.2, 0.25) is 0 Å². The van der Waals surface area contributed by atoms with Gasteiger partial charge in [0.1, 0.15) is 5.69 Å². The summed E-state index contributed by atoms with van der Waals surface area (Å²) in [6.07, 6.45) is 1.55. The minimum atomic E-state index is -0.296. The highest BCUT2D eigenvalue weighted by atomic mass is 16.1. The van der Waals surface area contributed by atoms with Crippen molar-refractivity contribution < 1.29 is 0 Å². The highest BCUT2D eigenvalue weighted by molar-refractivity contribution is 5.46. The highest BCUT2D eigenvalue weighted by Gasteiger charge is 2.23. The Morgan fingerprint density at radius 3 is 2.59 bits per heavy atom. The maximum atomic E-state index is 12.0. The fraction of sp³-hybridized carbons (Fsp3) is 0.364. The quantitative estimate of drug-likeness (QED) is 0.763. The van der Waals surface area contributed by atoms with Crippen molar-refractivity contribution >= 4 is 5.69 Å². The first-order chi connectivity index (χ1) is 7.91. The van der Waals surface area contributed by atoms with Crippen LogP contribution in [0.15, 0.2) is 23.1 Å². The fourth-order valence-electron chi connectivity index (χ4n) is 1.60. The van der Waals surface area contributed by atoms with Gasteiger partial charge in [-0.05, 0) is 12.1 Å². The van der Waals surface area contributed by atoms with Crippen LogP contribution in [-0.4, -0.2) is 20.0 Å². The van der Waals surface area contributed by atoms with Crippen LogP contribution in [0.3, 0.4) is 0 Å². The van der Waals surface area contributed by atoms with E-state index in [1.165, 1.54) is 4.68 Å². The summed E-state index contributed by atoms with van der Waals surface area (Å²) >= 11 is 0. The Kier molecular flexibility index (Phi) is 2.49. The lowest BCUT2D eigenvalue weighted by Crippen LogP contribution is -2.18. The number of aromatic amines is 1. The molecular weight excluding hydrogens is 218 g/mol. The van der Waals surface area contributed by atoms with Gasteiger partial charge in [-0.25, -0.2) is 0 Å². The van der Waals surface area contributed by atoms with Crippen molar-refractivity contribution in [3.8, 4) is 5.82 Å². The number of rotatable bonds is 1. The molecule has 0 fully saturated rings. The third kappa shape index (κ3) is 1.93. The molecule has 0 atom stereocenters. The van der Waals surface area contributed by atoms with Gasteiger partial charge in [0.15, 0.2) is 5.82 Å². The minimum Gasteiger partial charge on any atom is -0.393 e. The third-order valence-electron chi connectivity index (χ3n) is 2.46. The zero-order valence-corrected chi connectivity index (χ0v) is 10.1. The molecule has 0 bridgehead atoms. The van der Waals surface area contributed by atoms with Crippen LogP contribution in [-0.2, 0) is 5.41 Å². The van der Waals surface area contributed by atoms with Crippen LogP contribution in [0.5, 0.6) is 0 Å². The third-order valence-corrected chi connectivity index (χ3v) is 2.46. The van der Waals surface area contributed by atoms with Gasteiger partial charge in [-0.2, -0.15) is 9.78 Å². The SMILES string of the molecule is CC(C)(C)c1[nH]n(-c2cccnn2)c(=O)c1N. The molecule has 0 aliphatic heterocycles. The number of nitrogens with one attached hydrogen (secondary N) is 1. The molecule has 2 heterocycles. The predicted octanol–water partition coefficient (Wildman–Crippen LogP) is 0.835. The first-order valence-corrected chi connectivity index (χ1v) is 5.30. The number of H-pyrrole nitrogens is 1. The lowest BCUT2D eigenvalue weighted by atomic mass is 9.91. The van der Waals surface area contributed by atoms with E-state index in [-0.39, 0.29) is 16.7 Å². The van der Waals surface area contributed by atoms with E-state index in [2.05, 4.69) is 15.3 Å². The summed E-state index contributed by atoms with van der Waals surface area (Å²) < 4.78 is 1.31. The van der Waals surface area contributed by atoms with Gasteiger partial charge >= 0.3 is 0 Å². The Balaban J connectivity index is 2.63. The van der Waals surface area contributed by atoms with E-state index >= 15 is 0 Å². The van der Waals surface area contributed by atoms with Gasteiger partial charge in [-0.1, -0.05) is 20.8 Å². The molecule has 17 heavy (non-hydrogen) atoms. The van der Waals surface area contributed by atoms with Gasteiger partial charge in [0, 0.05) is 11.6 Å². The van der Waals surface area contributed by atoms with E-state index in [1.54, 1.807) is 18.3 Å². The van der Waals surface area contributed by atoms with Gasteiger partial charge in [-0.15, -0.1) is 5.10 Å². The van der Waals surface area contributed by atoms with Crippen molar-refractivity contribution in [1.29, 1.82) is 0 Å². The molecule has 0 aromatic carbocycles.